The Morgan fingerprint density at radius 2 is 1.89 bits per heavy atom. The van der Waals surface area contributed by atoms with Crippen LogP contribution in [0.1, 0.15) is 55.8 Å². The first-order valence-corrected chi connectivity index (χ1v) is 11.2. The normalized spacial score (nSPS) is 32.1. The highest BCUT2D eigenvalue weighted by Crippen LogP contribution is 2.61. The van der Waals surface area contributed by atoms with Crippen molar-refractivity contribution >= 4 is 23.6 Å². The second-order valence-electron chi connectivity index (χ2n) is 8.71. The molecule has 4 fully saturated rings. The van der Waals surface area contributed by atoms with Gasteiger partial charge in [-0.15, -0.1) is 11.8 Å². The van der Waals surface area contributed by atoms with Gasteiger partial charge in [0.1, 0.15) is 5.03 Å². The minimum Gasteiger partial charge on any atom is -0.452 e. The van der Waals surface area contributed by atoms with Crippen LogP contribution in [0.15, 0.2) is 23.4 Å². The Labute approximate surface area is 165 Å². The molecule has 4 aliphatic carbocycles. The van der Waals surface area contributed by atoms with Crippen molar-refractivity contribution in [1.82, 2.24) is 10.3 Å². The Bertz CT molecular complexity index is 701. The predicted molar refractivity (Wildman–Crippen MR) is 105 cm³/mol. The molecule has 0 spiro atoms. The molecule has 5 rings (SSSR count). The fourth-order valence-corrected chi connectivity index (χ4v) is 6.60. The van der Waals surface area contributed by atoms with Crippen molar-refractivity contribution in [3.8, 4) is 0 Å². The minimum atomic E-state index is -0.495. The first-order chi connectivity index (χ1) is 13.0. The van der Waals surface area contributed by atoms with Crippen LogP contribution in [0.3, 0.4) is 0 Å². The summed E-state index contributed by atoms with van der Waals surface area (Å²) in [5.74, 6) is 1.85. The van der Waals surface area contributed by atoms with Gasteiger partial charge in [-0.2, -0.15) is 0 Å². The highest BCUT2D eigenvalue weighted by molar-refractivity contribution is 7.98. The van der Waals surface area contributed by atoms with Crippen LogP contribution in [-0.2, 0) is 9.53 Å². The summed E-state index contributed by atoms with van der Waals surface area (Å²) in [5, 5.41) is 3.75. The number of hydrogen-bond acceptors (Lipinski definition) is 5. The van der Waals surface area contributed by atoms with Gasteiger partial charge in [0.05, 0.1) is 5.56 Å². The molecule has 1 heterocycles. The molecule has 1 N–H and O–H groups in total. The standard InChI is InChI=1S/C21H28N2O3S/c1-13(21-9-14-6-15(10-21)8-16(7-14)11-21)23-18(24)12-26-20(25)17-4-3-5-22-19(17)27-2/h3-5,13-16H,6-12H2,1-2H3,(H,23,24). The number of carbonyl (C=O) groups excluding carboxylic acids is 2. The van der Waals surface area contributed by atoms with E-state index in [2.05, 4.69) is 17.2 Å². The van der Waals surface area contributed by atoms with Crippen molar-refractivity contribution in [2.75, 3.05) is 12.9 Å². The SMILES string of the molecule is CSc1ncccc1C(=O)OCC(=O)NC(C)C12CC3CC(CC(C3)C1)C2. The zero-order valence-corrected chi connectivity index (χ0v) is 16.9. The van der Waals surface area contributed by atoms with E-state index in [1.54, 1.807) is 18.3 Å². The van der Waals surface area contributed by atoms with E-state index in [9.17, 15) is 9.59 Å². The van der Waals surface area contributed by atoms with Gasteiger partial charge in [0.25, 0.3) is 5.91 Å². The molecule has 146 valence electrons. The number of thioether (sulfide) groups is 1. The number of nitrogens with zero attached hydrogens (tertiary/aromatic N) is 1. The van der Waals surface area contributed by atoms with Crippen LogP contribution in [0.5, 0.6) is 0 Å². The van der Waals surface area contributed by atoms with Crippen molar-refractivity contribution in [2.45, 2.75) is 56.5 Å². The van der Waals surface area contributed by atoms with Crippen molar-refractivity contribution in [3.05, 3.63) is 23.9 Å². The van der Waals surface area contributed by atoms with Crippen LogP contribution in [0, 0.1) is 23.2 Å². The summed E-state index contributed by atoms with van der Waals surface area (Å²) in [6.07, 6.45) is 11.4. The van der Waals surface area contributed by atoms with Crippen molar-refractivity contribution < 1.29 is 14.3 Å². The van der Waals surface area contributed by atoms with Crippen LogP contribution in [0.4, 0.5) is 0 Å². The summed E-state index contributed by atoms with van der Waals surface area (Å²) >= 11 is 1.39. The summed E-state index contributed by atoms with van der Waals surface area (Å²) in [7, 11) is 0. The number of esters is 1. The predicted octanol–water partition coefficient (Wildman–Crippen LogP) is 3.68. The third-order valence-corrected chi connectivity index (χ3v) is 7.61. The third-order valence-electron chi connectivity index (χ3n) is 6.90. The quantitative estimate of drug-likeness (QED) is 0.595. The number of nitrogens with one attached hydrogen (secondary N) is 1. The maximum Gasteiger partial charge on any atom is 0.341 e. The Morgan fingerprint density at radius 3 is 2.48 bits per heavy atom. The molecule has 4 aliphatic rings. The largest absolute Gasteiger partial charge is 0.452 e. The number of ether oxygens (including phenoxy) is 1. The van der Waals surface area contributed by atoms with E-state index in [0.717, 1.165) is 17.8 Å². The van der Waals surface area contributed by atoms with Gasteiger partial charge in [-0.05, 0) is 87.0 Å². The molecule has 4 bridgehead atoms. The molecule has 4 saturated carbocycles. The third kappa shape index (κ3) is 3.73. The minimum absolute atomic E-state index is 0.136. The number of hydrogen-bond donors (Lipinski definition) is 1. The number of pyridine rings is 1. The molecular weight excluding hydrogens is 360 g/mol. The average Bonchev–Trinajstić information content (AvgIpc) is 2.65. The second kappa shape index (κ2) is 7.46. The highest BCUT2D eigenvalue weighted by atomic mass is 32.2. The fraction of sp³-hybridized carbons (Fsp3) is 0.667. The van der Waals surface area contributed by atoms with E-state index in [0.29, 0.717) is 10.6 Å². The zero-order chi connectivity index (χ0) is 19.0. The van der Waals surface area contributed by atoms with Gasteiger partial charge in [0, 0.05) is 12.2 Å². The number of carbonyl (C=O) groups is 2. The summed E-state index contributed by atoms with van der Waals surface area (Å²) in [6, 6.07) is 3.51. The van der Waals surface area contributed by atoms with Gasteiger partial charge in [-0.3, -0.25) is 4.79 Å². The first kappa shape index (κ1) is 18.8. The molecule has 0 aliphatic heterocycles. The van der Waals surface area contributed by atoms with Gasteiger partial charge in [0.2, 0.25) is 0 Å². The fourth-order valence-electron chi connectivity index (χ4n) is 6.06. The molecule has 1 aromatic heterocycles. The highest BCUT2D eigenvalue weighted by Gasteiger charge is 2.53. The van der Waals surface area contributed by atoms with Gasteiger partial charge in [0.15, 0.2) is 6.61 Å². The van der Waals surface area contributed by atoms with E-state index in [1.165, 1.54) is 50.3 Å². The van der Waals surface area contributed by atoms with Crippen LogP contribution in [0.25, 0.3) is 0 Å². The van der Waals surface area contributed by atoms with Gasteiger partial charge in [-0.25, -0.2) is 9.78 Å². The molecule has 0 aromatic carbocycles. The number of amides is 1. The van der Waals surface area contributed by atoms with Crippen LogP contribution in [-0.4, -0.2) is 35.8 Å². The molecule has 1 unspecified atom stereocenters. The van der Waals surface area contributed by atoms with E-state index >= 15 is 0 Å². The summed E-state index contributed by atoms with van der Waals surface area (Å²) < 4.78 is 5.25. The van der Waals surface area contributed by atoms with Crippen molar-refractivity contribution in [1.29, 1.82) is 0 Å². The Balaban J connectivity index is 1.32. The molecule has 0 radical (unpaired) electrons. The zero-order valence-electron chi connectivity index (χ0n) is 16.1. The smallest absolute Gasteiger partial charge is 0.341 e. The lowest BCUT2D eigenvalue weighted by Gasteiger charge is -2.59. The van der Waals surface area contributed by atoms with E-state index in [1.807, 2.05) is 6.26 Å². The molecule has 1 atom stereocenters. The monoisotopic (exact) mass is 388 g/mol. The molecule has 5 nitrogen and oxygen atoms in total. The van der Waals surface area contributed by atoms with Gasteiger partial charge >= 0.3 is 5.97 Å². The van der Waals surface area contributed by atoms with Crippen LogP contribution < -0.4 is 5.32 Å². The first-order valence-electron chi connectivity index (χ1n) is 9.94. The molecule has 1 aromatic rings. The van der Waals surface area contributed by atoms with E-state index < -0.39 is 5.97 Å². The molecule has 1 amide bonds. The maximum atomic E-state index is 12.4. The van der Waals surface area contributed by atoms with Crippen LogP contribution >= 0.6 is 11.8 Å². The number of rotatable bonds is 6. The molecule has 27 heavy (non-hydrogen) atoms. The Hall–Kier alpha value is -1.56. The van der Waals surface area contributed by atoms with Gasteiger partial charge < -0.3 is 10.1 Å². The maximum absolute atomic E-state index is 12.4. The van der Waals surface area contributed by atoms with E-state index in [4.69, 9.17) is 4.74 Å². The summed E-state index contributed by atoms with van der Waals surface area (Å²) in [6.45, 7) is 1.90. The lowest BCUT2D eigenvalue weighted by molar-refractivity contribution is -0.128. The van der Waals surface area contributed by atoms with E-state index in [-0.39, 0.29) is 24.0 Å². The van der Waals surface area contributed by atoms with Crippen molar-refractivity contribution in [2.24, 2.45) is 23.2 Å². The van der Waals surface area contributed by atoms with Crippen LogP contribution in [0.2, 0.25) is 0 Å². The topological polar surface area (TPSA) is 68.3 Å². The summed E-state index contributed by atoms with van der Waals surface area (Å²) in [5.41, 5.74) is 0.663. The lowest BCUT2D eigenvalue weighted by Crippen LogP contribution is -2.56. The molecule has 0 saturated heterocycles. The Morgan fingerprint density at radius 1 is 1.26 bits per heavy atom. The lowest BCUT2D eigenvalue weighted by atomic mass is 9.48. The van der Waals surface area contributed by atoms with Crippen molar-refractivity contribution in [3.63, 3.8) is 0 Å². The average molecular weight is 389 g/mol. The number of aromatic nitrogens is 1. The molecular formula is C21H28N2O3S. The van der Waals surface area contributed by atoms with Gasteiger partial charge in [-0.1, -0.05) is 0 Å². The molecule has 6 heteroatoms. The Kier molecular flexibility index (Phi) is 5.19. The summed E-state index contributed by atoms with van der Waals surface area (Å²) in [4.78, 5) is 28.9. The second-order valence-corrected chi connectivity index (χ2v) is 9.50.